The number of rotatable bonds is 4. The molecule has 0 aliphatic heterocycles. The molecule has 0 aliphatic rings. The summed E-state index contributed by atoms with van der Waals surface area (Å²) >= 11 is 5.38. The van der Waals surface area contributed by atoms with Crippen LogP contribution in [0.3, 0.4) is 0 Å². The van der Waals surface area contributed by atoms with Crippen molar-refractivity contribution in [3.8, 4) is 0 Å². The van der Waals surface area contributed by atoms with Crippen molar-refractivity contribution in [2.24, 2.45) is 0 Å². The van der Waals surface area contributed by atoms with Crippen LogP contribution >= 0.6 is 25.1 Å². The normalized spacial score (nSPS) is 8.38. The topological polar surface area (TPSA) is 43.1 Å². The molecular formula is C11H18ClNO2S. The number of halogens is 1. The third-order valence-electron chi connectivity index (χ3n) is 1.70. The minimum atomic E-state index is -0.417. The van der Waals surface area contributed by atoms with Crippen LogP contribution in [0, 0.1) is 10.1 Å². The number of non-ortho nitro benzene ring substituents is 1. The van der Waals surface area contributed by atoms with Gasteiger partial charge in [0.15, 0.2) is 0 Å². The number of hydrogen-bond donors (Lipinski definition) is 0. The Labute approximate surface area is 108 Å². The minimum absolute atomic E-state index is 0. The Morgan fingerprint density at radius 3 is 2.06 bits per heavy atom. The quantitative estimate of drug-likeness (QED) is 0.355. The van der Waals surface area contributed by atoms with Crippen LogP contribution in [0.5, 0.6) is 0 Å². The van der Waals surface area contributed by atoms with Crippen LogP contribution in [0.1, 0.15) is 26.2 Å². The van der Waals surface area contributed by atoms with Gasteiger partial charge in [-0.25, -0.2) is 0 Å². The Hall–Kier alpha value is -0.740. The monoisotopic (exact) mass is 263 g/mol. The molecule has 0 aliphatic carbocycles. The molecule has 0 amide bonds. The molecule has 0 aromatic heterocycles. The second-order valence-corrected chi connectivity index (χ2v) is 3.37. The Bertz CT molecular complexity index is 266. The number of nitro groups is 1. The SMILES string of the molecule is CCCCCCl.O=[N+]([O-])c1ccccc1.S. The molecule has 0 atom stereocenters. The van der Waals surface area contributed by atoms with Gasteiger partial charge in [-0.3, -0.25) is 10.1 Å². The second kappa shape index (κ2) is 12.3. The molecule has 0 bridgehead atoms. The van der Waals surface area contributed by atoms with Gasteiger partial charge in [0.25, 0.3) is 5.69 Å². The third kappa shape index (κ3) is 9.80. The van der Waals surface area contributed by atoms with Gasteiger partial charge in [-0.15, -0.1) is 11.6 Å². The Morgan fingerprint density at radius 2 is 1.81 bits per heavy atom. The lowest BCUT2D eigenvalue weighted by Gasteiger charge is -1.85. The zero-order valence-electron chi connectivity index (χ0n) is 9.36. The number of benzene rings is 1. The van der Waals surface area contributed by atoms with E-state index >= 15 is 0 Å². The van der Waals surface area contributed by atoms with Crippen LogP contribution in [0.15, 0.2) is 30.3 Å². The fourth-order valence-electron chi connectivity index (χ4n) is 0.894. The molecule has 5 heteroatoms. The highest BCUT2D eigenvalue weighted by Gasteiger charge is 1.98. The average molecular weight is 264 g/mol. The molecule has 1 aromatic rings. The van der Waals surface area contributed by atoms with Crippen LogP contribution < -0.4 is 0 Å². The van der Waals surface area contributed by atoms with Crippen molar-refractivity contribution in [2.75, 3.05) is 5.88 Å². The van der Waals surface area contributed by atoms with Gasteiger partial charge in [0, 0.05) is 18.0 Å². The van der Waals surface area contributed by atoms with Gasteiger partial charge in [0.05, 0.1) is 4.92 Å². The van der Waals surface area contributed by atoms with E-state index in [2.05, 4.69) is 6.92 Å². The first kappa shape index (κ1) is 17.6. The van der Waals surface area contributed by atoms with E-state index in [4.69, 9.17) is 11.6 Å². The van der Waals surface area contributed by atoms with Crippen LogP contribution in [0.25, 0.3) is 0 Å². The number of unbranched alkanes of at least 4 members (excludes halogenated alkanes) is 2. The third-order valence-corrected chi connectivity index (χ3v) is 1.97. The van der Waals surface area contributed by atoms with Crippen molar-refractivity contribution in [3.05, 3.63) is 40.4 Å². The second-order valence-electron chi connectivity index (χ2n) is 2.99. The van der Waals surface area contributed by atoms with E-state index in [9.17, 15) is 10.1 Å². The van der Waals surface area contributed by atoms with E-state index in [1.165, 1.54) is 31.4 Å². The molecule has 0 saturated heterocycles. The van der Waals surface area contributed by atoms with Gasteiger partial charge in [-0.1, -0.05) is 38.0 Å². The summed E-state index contributed by atoms with van der Waals surface area (Å²) in [5.74, 6) is 0.827. The van der Waals surface area contributed by atoms with E-state index in [0.717, 1.165) is 5.88 Å². The van der Waals surface area contributed by atoms with E-state index in [1.54, 1.807) is 18.2 Å². The summed E-state index contributed by atoms with van der Waals surface area (Å²) in [5, 5.41) is 10.0. The summed E-state index contributed by atoms with van der Waals surface area (Å²) in [5.41, 5.74) is 0.137. The first-order chi connectivity index (χ1) is 7.22. The summed E-state index contributed by atoms with van der Waals surface area (Å²) < 4.78 is 0. The highest BCUT2D eigenvalue weighted by molar-refractivity contribution is 7.59. The number of nitrogens with zero attached hydrogens (tertiary/aromatic N) is 1. The highest BCUT2D eigenvalue weighted by atomic mass is 35.5. The van der Waals surface area contributed by atoms with E-state index in [0.29, 0.717) is 0 Å². The Morgan fingerprint density at radius 1 is 1.25 bits per heavy atom. The van der Waals surface area contributed by atoms with Crippen molar-refractivity contribution in [2.45, 2.75) is 26.2 Å². The first-order valence-electron chi connectivity index (χ1n) is 4.97. The molecule has 16 heavy (non-hydrogen) atoms. The van der Waals surface area contributed by atoms with Gasteiger partial charge in [-0.2, -0.15) is 13.5 Å². The Kier molecular flexibility index (Phi) is 13.6. The zero-order chi connectivity index (χ0) is 11.5. The molecule has 0 unspecified atom stereocenters. The molecule has 0 heterocycles. The van der Waals surface area contributed by atoms with Crippen molar-refractivity contribution in [1.82, 2.24) is 0 Å². The molecule has 1 rings (SSSR count). The molecule has 92 valence electrons. The molecule has 3 nitrogen and oxygen atoms in total. The molecule has 0 spiro atoms. The van der Waals surface area contributed by atoms with Crippen LogP contribution in [-0.2, 0) is 0 Å². The lowest BCUT2D eigenvalue weighted by Crippen LogP contribution is -1.84. The fourth-order valence-corrected chi connectivity index (χ4v) is 1.08. The highest BCUT2D eigenvalue weighted by Crippen LogP contribution is 2.06. The Balaban J connectivity index is 0. The van der Waals surface area contributed by atoms with Crippen molar-refractivity contribution < 1.29 is 4.92 Å². The van der Waals surface area contributed by atoms with Gasteiger partial charge >= 0.3 is 0 Å². The summed E-state index contributed by atoms with van der Waals surface area (Å²) in [6.45, 7) is 2.17. The van der Waals surface area contributed by atoms with Gasteiger partial charge in [0.1, 0.15) is 0 Å². The molecule has 0 saturated carbocycles. The molecule has 0 fully saturated rings. The average Bonchev–Trinajstić information content (AvgIpc) is 2.28. The fraction of sp³-hybridized carbons (Fsp3) is 0.455. The number of nitro benzene ring substituents is 1. The van der Waals surface area contributed by atoms with Crippen molar-refractivity contribution in [1.29, 1.82) is 0 Å². The predicted octanol–water partition coefficient (Wildman–Crippen LogP) is 4.12. The van der Waals surface area contributed by atoms with E-state index in [-0.39, 0.29) is 19.2 Å². The largest absolute Gasteiger partial charge is 0.269 e. The lowest BCUT2D eigenvalue weighted by atomic mass is 10.3. The molecule has 0 N–H and O–H groups in total. The van der Waals surface area contributed by atoms with Gasteiger partial charge in [-0.05, 0) is 6.42 Å². The molecule has 1 aromatic carbocycles. The van der Waals surface area contributed by atoms with Crippen molar-refractivity contribution in [3.63, 3.8) is 0 Å². The maximum Gasteiger partial charge on any atom is 0.269 e. The number of hydrogen-bond acceptors (Lipinski definition) is 2. The van der Waals surface area contributed by atoms with E-state index in [1.807, 2.05) is 0 Å². The maximum absolute atomic E-state index is 10.0. The van der Waals surface area contributed by atoms with Gasteiger partial charge < -0.3 is 0 Å². The van der Waals surface area contributed by atoms with Gasteiger partial charge in [0.2, 0.25) is 0 Å². The smallest absolute Gasteiger partial charge is 0.258 e. The number of alkyl halides is 1. The van der Waals surface area contributed by atoms with Crippen LogP contribution in [-0.4, -0.2) is 10.8 Å². The lowest BCUT2D eigenvalue weighted by molar-refractivity contribution is -0.384. The van der Waals surface area contributed by atoms with Crippen LogP contribution in [0.2, 0.25) is 0 Å². The summed E-state index contributed by atoms with van der Waals surface area (Å²) in [6, 6.07) is 7.93. The zero-order valence-corrected chi connectivity index (χ0v) is 11.1. The summed E-state index contributed by atoms with van der Waals surface area (Å²) in [4.78, 5) is 9.59. The van der Waals surface area contributed by atoms with E-state index < -0.39 is 4.92 Å². The predicted molar refractivity (Wildman–Crippen MR) is 73.7 cm³/mol. The first-order valence-corrected chi connectivity index (χ1v) is 5.51. The molecular weight excluding hydrogens is 246 g/mol. The summed E-state index contributed by atoms with van der Waals surface area (Å²) in [7, 11) is 0. The summed E-state index contributed by atoms with van der Waals surface area (Å²) in [6.07, 6.45) is 3.73. The maximum atomic E-state index is 10.0. The standard InChI is InChI=1S/C6H5NO2.C5H11Cl.H2S/c8-7(9)6-4-2-1-3-5-6;1-2-3-4-5-6;/h1-5H;2-5H2,1H3;1H2. The molecule has 0 radical (unpaired) electrons. The van der Waals surface area contributed by atoms with Crippen molar-refractivity contribution >= 4 is 30.8 Å². The van der Waals surface area contributed by atoms with Crippen LogP contribution in [0.4, 0.5) is 5.69 Å². The minimum Gasteiger partial charge on any atom is -0.258 e. The number of para-hydroxylation sites is 1.